The number of amides is 1. The van der Waals surface area contributed by atoms with Crippen molar-refractivity contribution < 1.29 is 13.2 Å². The van der Waals surface area contributed by atoms with Crippen molar-refractivity contribution in [3.63, 3.8) is 0 Å². The van der Waals surface area contributed by atoms with Crippen LogP contribution >= 0.6 is 0 Å². The molecule has 1 saturated heterocycles. The number of hydrogen-bond acceptors (Lipinski definition) is 3. The van der Waals surface area contributed by atoms with Gasteiger partial charge in [0.1, 0.15) is 0 Å². The molecule has 5 nitrogen and oxygen atoms in total. The first-order chi connectivity index (χ1) is 12.6. The SMILES string of the molecule is O=C(C1CCCC1)N1CCN(S(=O)(=O)c2ccc3ccccc3c2)CC1. The summed E-state index contributed by atoms with van der Waals surface area (Å²) in [5.41, 5.74) is 0. The van der Waals surface area contributed by atoms with Gasteiger partial charge in [0, 0.05) is 32.1 Å². The predicted molar refractivity (Wildman–Crippen MR) is 101 cm³/mol. The molecule has 0 atom stereocenters. The van der Waals surface area contributed by atoms with E-state index in [0.29, 0.717) is 31.1 Å². The number of rotatable bonds is 3. The molecule has 1 aliphatic heterocycles. The van der Waals surface area contributed by atoms with E-state index in [1.165, 1.54) is 4.31 Å². The fraction of sp³-hybridized carbons (Fsp3) is 0.450. The highest BCUT2D eigenvalue weighted by atomic mass is 32.2. The lowest BCUT2D eigenvalue weighted by atomic mass is 10.1. The van der Waals surface area contributed by atoms with Crippen molar-refractivity contribution in [2.75, 3.05) is 26.2 Å². The average Bonchev–Trinajstić information content (AvgIpc) is 3.22. The molecule has 0 aromatic heterocycles. The number of nitrogens with zero attached hydrogens (tertiary/aromatic N) is 2. The summed E-state index contributed by atoms with van der Waals surface area (Å²) in [5, 5.41) is 1.95. The predicted octanol–water partition coefficient (Wildman–Crippen LogP) is 2.86. The van der Waals surface area contributed by atoms with Crippen LogP contribution in [-0.2, 0) is 14.8 Å². The summed E-state index contributed by atoms with van der Waals surface area (Å²) >= 11 is 0. The number of carbonyl (C=O) groups excluding carboxylic acids is 1. The van der Waals surface area contributed by atoms with Crippen molar-refractivity contribution in [3.8, 4) is 0 Å². The second-order valence-corrected chi connectivity index (χ2v) is 9.16. The molecule has 1 amide bonds. The minimum Gasteiger partial charge on any atom is -0.340 e. The zero-order valence-electron chi connectivity index (χ0n) is 14.8. The lowest BCUT2D eigenvalue weighted by Gasteiger charge is -2.35. The largest absolute Gasteiger partial charge is 0.340 e. The van der Waals surface area contributed by atoms with Gasteiger partial charge < -0.3 is 4.90 Å². The minimum absolute atomic E-state index is 0.152. The number of hydrogen-bond donors (Lipinski definition) is 0. The summed E-state index contributed by atoms with van der Waals surface area (Å²) in [4.78, 5) is 14.7. The van der Waals surface area contributed by atoms with Gasteiger partial charge in [0.2, 0.25) is 15.9 Å². The third-order valence-corrected chi connectivity index (χ3v) is 7.51. The number of carbonyl (C=O) groups is 1. The molecule has 6 heteroatoms. The minimum atomic E-state index is -3.53. The lowest BCUT2D eigenvalue weighted by Crippen LogP contribution is -2.51. The first-order valence-corrected chi connectivity index (χ1v) is 10.8. The first-order valence-electron chi connectivity index (χ1n) is 9.33. The maximum atomic E-state index is 13.0. The molecular formula is C20H24N2O3S. The maximum Gasteiger partial charge on any atom is 0.243 e. The smallest absolute Gasteiger partial charge is 0.243 e. The molecule has 2 aromatic rings. The Labute approximate surface area is 154 Å². The van der Waals surface area contributed by atoms with Crippen LogP contribution in [0, 0.1) is 5.92 Å². The first kappa shape index (κ1) is 17.5. The van der Waals surface area contributed by atoms with Gasteiger partial charge in [-0.05, 0) is 35.7 Å². The third kappa shape index (κ3) is 3.23. The monoisotopic (exact) mass is 372 g/mol. The highest BCUT2D eigenvalue weighted by Gasteiger charge is 2.33. The maximum absolute atomic E-state index is 13.0. The Morgan fingerprint density at radius 1 is 0.885 bits per heavy atom. The number of fused-ring (bicyclic) bond motifs is 1. The van der Waals surface area contributed by atoms with Crippen LogP contribution in [0.5, 0.6) is 0 Å². The average molecular weight is 372 g/mol. The normalized spacial score (nSPS) is 19.9. The van der Waals surface area contributed by atoms with Crippen LogP contribution in [0.2, 0.25) is 0 Å². The lowest BCUT2D eigenvalue weighted by molar-refractivity contribution is -0.136. The highest BCUT2D eigenvalue weighted by Crippen LogP contribution is 2.28. The van der Waals surface area contributed by atoms with Gasteiger partial charge in [-0.1, -0.05) is 43.2 Å². The number of benzene rings is 2. The Bertz CT molecular complexity index is 912. The van der Waals surface area contributed by atoms with Gasteiger partial charge in [-0.15, -0.1) is 0 Å². The Hall–Kier alpha value is -1.92. The summed E-state index contributed by atoms with van der Waals surface area (Å²) in [6.07, 6.45) is 4.22. The molecule has 0 bridgehead atoms. The molecule has 1 saturated carbocycles. The molecule has 2 aliphatic rings. The second-order valence-electron chi connectivity index (χ2n) is 7.22. The number of sulfonamides is 1. The van der Waals surface area contributed by atoms with Crippen LogP contribution in [0.15, 0.2) is 47.4 Å². The molecule has 0 spiro atoms. The molecule has 0 unspecified atom stereocenters. The van der Waals surface area contributed by atoms with Crippen molar-refractivity contribution in [3.05, 3.63) is 42.5 Å². The molecule has 0 N–H and O–H groups in total. The molecule has 2 fully saturated rings. The second kappa shape index (κ2) is 7.00. The van der Waals surface area contributed by atoms with Crippen LogP contribution in [-0.4, -0.2) is 49.7 Å². The van der Waals surface area contributed by atoms with E-state index in [1.807, 2.05) is 35.2 Å². The molecule has 2 aromatic carbocycles. The zero-order chi connectivity index (χ0) is 18.1. The van der Waals surface area contributed by atoms with Crippen LogP contribution in [0.1, 0.15) is 25.7 Å². The molecular weight excluding hydrogens is 348 g/mol. The van der Waals surface area contributed by atoms with Crippen molar-refractivity contribution in [1.29, 1.82) is 0 Å². The van der Waals surface area contributed by atoms with E-state index in [9.17, 15) is 13.2 Å². The molecule has 1 heterocycles. The molecule has 1 aliphatic carbocycles. The number of piperazine rings is 1. The summed E-state index contributed by atoms with van der Waals surface area (Å²) in [6, 6.07) is 13.0. The topological polar surface area (TPSA) is 57.7 Å². The summed E-state index contributed by atoms with van der Waals surface area (Å²) < 4.78 is 27.5. The Balaban J connectivity index is 1.47. The molecule has 26 heavy (non-hydrogen) atoms. The summed E-state index contributed by atoms with van der Waals surface area (Å²) in [7, 11) is -3.53. The quantitative estimate of drug-likeness (QED) is 0.832. The van der Waals surface area contributed by atoms with E-state index in [4.69, 9.17) is 0 Å². The molecule has 138 valence electrons. The molecule has 0 radical (unpaired) electrons. The van der Waals surface area contributed by atoms with Crippen LogP contribution < -0.4 is 0 Å². The Kier molecular flexibility index (Phi) is 4.71. The van der Waals surface area contributed by atoms with Crippen LogP contribution in [0.3, 0.4) is 0 Å². The zero-order valence-corrected chi connectivity index (χ0v) is 15.6. The standard InChI is InChI=1S/C20H24N2O3S/c23-20(17-6-2-3-7-17)21-11-13-22(14-12-21)26(24,25)19-10-9-16-5-1-4-8-18(16)15-19/h1,4-5,8-10,15,17H,2-3,6-7,11-14H2. The van der Waals surface area contributed by atoms with Gasteiger partial charge in [0.05, 0.1) is 4.90 Å². The van der Waals surface area contributed by atoms with E-state index in [1.54, 1.807) is 12.1 Å². The van der Waals surface area contributed by atoms with Crippen molar-refractivity contribution >= 4 is 26.7 Å². The summed E-state index contributed by atoms with van der Waals surface area (Å²) in [6.45, 7) is 1.71. The van der Waals surface area contributed by atoms with E-state index in [-0.39, 0.29) is 11.8 Å². The van der Waals surface area contributed by atoms with E-state index < -0.39 is 10.0 Å². The van der Waals surface area contributed by atoms with Gasteiger partial charge in [0.25, 0.3) is 0 Å². The van der Waals surface area contributed by atoms with Crippen LogP contribution in [0.25, 0.3) is 10.8 Å². The van der Waals surface area contributed by atoms with E-state index in [0.717, 1.165) is 36.5 Å². The fourth-order valence-electron chi connectivity index (χ4n) is 4.06. The Morgan fingerprint density at radius 2 is 1.54 bits per heavy atom. The Morgan fingerprint density at radius 3 is 2.23 bits per heavy atom. The van der Waals surface area contributed by atoms with Crippen LogP contribution in [0.4, 0.5) is 0 Å². The van der Waals surface area contributed by atoms with Crippen molar-refractivity contribution in [1.82, 2.24) is 9.21 Å². The van der Waals surface area contributed by atoms with Crippen molar-refractivity contribution in [2.45, 2.75) is 30.6 Å². The fourth-order valence-corrected chi connectivity index (χ4v) is 5.51. The van der Waals surface area contributed by atoms with Gasteiger partial charge in [-0.25, -0.2) is 8.42 Å². The van der Waals surface area contributed by atoms with Gasteiger partial charge >= 0.3 is 0 Å². The molecule has 4 rings (SSSR count). The van der Waals surface area contributed by atoms with E-state index in [2.05, 4.69) is 0 Å². The van der Waals surface area contributed by atoms with Crippen molar-refractivity contribution in [2.24, 2.45) is 5.92 Å². The summed E-state index contributed by atoms with van der Waals surface area (Å²) in [5.74, 6) is 0.365. The van der Waals surface area contributed by atoms with Gasteiger partial charge in [0.15, 0.2) is 0 Å². The third-order valence-electron chi connectivity index (χ3n) is 5.61. The van der Waals surface area contributed by atoms with Gasteiger partial charge in [-0.2, -0.15) is 4.31 Å². The highest BCUT2D eigenvalue weighted by molar-refractivity contribution is 7.89. The van der Waals surface area contributed by atoms with Gasteiger partial charge in [-0.3, -0.25) is 4.79 Å². The van der Waals surface area contributed by atoms with E-state index >= 15 is 0 Å².